The summed E-state index contributed by atoms with van der Waals surface area (Å²) in [7, 11) is 0. The SMILES string of the molecule is CCNC(=O)c1ccc(NC2CCC2)cc1. The van der Waals surface area contributed by atoms with Gasteiger partial charge in [-0.15, -0.1) is 0 Å². The van der Waals surface area contributed by atoms with Crippen molar-refractivity contribution >= 4 is 11.6 Å². The molecule has 0 atom stereocenters. The number of carbonyl (C=O) groups is 1. The van der Waals surface area contributed by atoms with Gasteiger partial charge in [0.15, 0.2) is 0 Å². The molecule has 1 aromatic rings. The zero-order valence-corrected chi connectivity index (χ0v) is 9.62. The van der Waals surface area contributed by atoms with Crippen LogP contribution in [0.5, 0.6) is 0 Å². The quantitative estimate of drug-likeness (QED) is 0.814. The van der Waals surface area contributed by atoms with E-state index in [2.05, 4.69) is 10.6 Å². The highest BCUT2D eigenvalue weighted by atomic mass is 16.1. The monoisotopic (exact) mass is 218 g/mol. The summed E-state index contributed by atoms with van der Waals surface area (Å²) in [6, 6.07) is 8.32. The van der Waals surface area contributed by atoms with Crippen LogP contribution in [0.15, 0.2) is 24.3 Å². The van der Waals surface area contributed by atoms with Crippen LogP contribution < -0.4 is 10.6 Å². The van der Waals surface area contributed by atoms with E-state index in [1.807, 2.05) is 31.2 Å². The standard InChI is InChI=1S/C13H18N2O/c1-2-14-13(16)10-6-8-12(9-7-10)15-11-4-3-5-11/h6-9,11,15H,2-5H2,1H3,(H,14,16). The third-order valence-electron chi connectivity index (χ3n) is 2.96. The zero-order chi connectivity index (χ0) is 11.4. The summed E-state index contributed by atoms with van der Waals surface area (Å²) in [6.45, 7) is 2.59. The fraction of sp³-hybridized carbons (Fsp3) is 0.462. The molecule has 1 amide bonds. The molecule has 1 aromatic carbocycles. The predicted molar refractivity (Wildman–Crippen MR) is 65.7 cm³/mol. The lowest BCUT2D eigenvalue weighted by molar-refractivity contribution is 0.0956. The summed E-state index contributed by atoms with van der Waals surface area (Å²) >= 11 is 0. The molecule has 0 saturated heterocycles. The maximum absolute atomic E-state index is 11.5. The van der Waals surface area contributed by atoms with E-state index >= 15 is 0 Å². The van der Waals surface area contributed by atoms with Crippen molar-refractivity contribution in [2.75, 3.05) is 11.9 Å². The molecule has 2 rings (SSSR count). The Balaban J connectivity index is 1.95. The van der Waals surface area contributed by atoms with Gasteiger partial charge in [-0.2, -0.15) is 0 Å². The number of rotatable bonds is 4. The Morgan fingerprint density at radius 2 is 2.00 bits per heavy atom. The molecule has 0 unspecified atom stereocenters. The van der Waals surface area contributed by atoms with Gasteiger partial charge in [-0.25, -0.2) is 0 Å². The molecular weight excluding hydrogens is 200 g/mol. The molecular formula is C13H18N2O. The van der Waals surface area contributed by atoms with Gasteiger partial charge in [0.25, 0.3) is 5.91 Å². The molecule has 16 heavy (non-hydrogen) atoms. The molecule has 1 fully saturated rings. The average Bonchev–Trinajstić information content (AvgIpc) is 2.25. The van der Waals surface area contributed by atoms with E-state index in [1.165, 1.54) is 19.3 Å². The summed E-state index contributed by atoms with van der Waals surface area (Å²) in [5, 5.41) is 6.23. The van der Waals surface area contributed by atoms with Crippen molar-refractivity contribution in [2.24, 2.45) is 0 Å². The molecule has 0 heterocycles. The lowest BCUT2D eigenvalue weighted by atomic mass is 9.93. The first kappa shape index (κ1) is 11.0. The molecule has 0 spiro atoms. The Hall–Kier alpha value is -1.51. The number of anilines is 1. The van der Waals surface area contributed by atoms with Crippen LogP contribution in [0.25, 0.3) is 0 Å². The van der Waals surface area contributed by atoms with E-state index in [4.69, 9.17) is 0 Å². The van der Waals surface area contributed by atoms with Crippen LogP contribution in [0, 0.1) is 0 Å². The van der Waals surface area contributed by atoms with Crippen LogP contribution in [0.1, 0.15) is 36.5 Å². The van der Waals surface area contributed by atoms with E-state index < -0.39 is 0 Å². The van der Waals surface area contributed by atoms with Gasteiger partial charge in [0, 0.05) is 23.8 Å². The molecule has 1 saturated carbocycles. The zero-order valence-electron chi connectivity index (χ0n) is 9.62. The summed E-state index contributed by atoms with van der Waals surface area (Å²) in [4.78, 5) is 11.5. The molecule has 3 heteroatoms. The predicted octanol–water partition coefficient (Wildman–Crippen LogP) is 2.40. The fourth-order valence-corrected chi connectivity index (χ4v) is 1.77. The highest BCUT2D eigenvalue weighted by Crippen LogP contribution is 2.23. The average molecular weight is 218 g/mol. The van der Waals surface area contributed by atoms with Crippen LogP contribution in [-0.2, 0) is 0 Å². The number of nitrogens with one attached hydrogen (secondary N) is 2. The number of carbonyl (C=O) groups excluding carboxylic acids is 1. The third kappa shape index (κ3) is 2.54. The smallest absolute Gasteiger partial charge is 0.251 e. The Kier molecular flexibility index (Phi) is 3.44. The first-order chi connectivity index (χ1) is 7.79. The van der Waals surface area contributed by atoms with Gasteiger partial charge in [-0.3, -0.25) is 4.79 Å². The number of amides is 1. The molecule has 3 nitrogen and oxygen atoms in total. The second-order valence-corrected chi connectivity index (χ2v) is 4.21. The number of benzene rings is 1. The Morgan fingerprint density at radius 3 is 2.50 bits per heavy atom. The van der Waals surface area contributed by atoms with Crippen molar-refractivity contribution < 1.29 is 4.79 Å². The molecule has 0 aliphatic heterocycles. The molecule has 1 aliphatic rings. The van der Waals surface area contributed by atoms with Gasteiger partial charge in [-0.05, 0) is 50.5 Å². The highest BCUT2D eigenvalue weighted by molar-refractivity contribution is 5.94. The summed E-state index contributed by atoms with van der Waals surface area (Å²) in [5.41, 5.74) is 1.83. The summed E-state index contributed by atoms with van der Waals surface area (Å²) < 4.78 is 0. The van der Waals surface area contributed by atoms with E-state index in [9.17, 15) is 4.79 Å². The second kappa shape index (κ2) is 5.01. The minimum atomic E-state index is -0.00214. The Morgan fingerprint density at radius 1 is 1.31 bits per heavy atom. The lowest BCUT2D eigenvalue weighted by Crippen LogP contribution is -2.27. The van der Waals surface area contributed by atoms with E-state index in [0.29, 0.717) is 12.6 Å². The van der Waals surface area contributed by atoms with Crippen LogP contribution in [0.2, 0.25) is 0 Å². The number of hydrogen-bond donors (Lipinski definition) is 2. The van der Waals surface area contributed by atoms with Crippen LogP contribution in [0.4, 0.5) is 5.69 Å². The largest absolute Gasteiger partial charge is 0.382 e. The summed E-state index contributed by atoms with van der Waals surface area (Å²) in [5.74, 6) is -0.00214. The van der Waals surface area contributed by atoms with Gasteiger partial charge in [0.05, 0.1) is 0 Å². The third-order valence-corrected chi connectivity index (χ3v) is 2.96. The normalized spacial score (nSPS) is 15.3. The van der Waals surface area contributed by atoms with Crippen LogP contribution >= 0.6 is 0 Å². The maximum Gasteiger partial charge on any atom is 0.251 e. The lowest BCUT2D eigenvalue weighted by Gasteiger charge is -2.27. The van der Waals surface area contributed by atoms with Gasteiger partial charge >= 0.3 is 0 Å². The van der Waals surface area contributed by atoms with Crippen molar-refractivity contribution in [2.45, 2.75) is 32.2 Å². The van der Waals surface area contributed by atoms with Gasteiger partial charge < -0.3 is 10.6 Å². The Bertz CT molecular complexity index is 355. The van der Waals surface area contributed by atoms with E-state index in [0.717, 1.165) is 11.3 Å². The van der Waals surface area contributed by atoms with E-state index in [-0.39, 0.29) is 5.91 Å². The van der Waals surface area contributed by atoms with Gasteiger partial charge in [0.1, 0.15) is 0 Å². The Labute approximate surface area is 96.2 Å². The first-order valence-electron chi connectivity index (χ1n) is 5.94. The van der Waals surface area contributed by atoms with Crippen molar-refractivity contribution in [3.8, 4) is 0 Å². The molecule has 1 aliphatic carbocycles. The molecule has 0 bridgehead atoms. The topological polar surface area (TPSA) is 41.1 Å². The van der Waals surface area contributed by atoms with E-state index in [1.54, 1.807) is 0 Å². The molecule has 2 N–H and O–H groups in total. The van der Waals surface area contributed by atoms with Gasteiger partial charge in [0.2, 0.25) is 0 Å². The van der Waals surface area contributed by atoms with Crippen molar-refractivity contribution in [3.63, 3.8) is 0 Å². The molecule has 0 aromatic heterocycles. The minimum absolute atomic E-state index is 0.00214. The van der Waals surface area contributed by atoms with Crippen LogP contribution in [-0.4, -0.2) is 18.5 Å². The minimum Gasteiger partial charge on any atom is -0.382 e. The molecule has 86 valence electrons. The van der Waals surface area contributed by atoms with Crippen molar-refractivity contribution in [1.29, 1.82) is 0 Å². The maximum atomic E-state index is 11.5. The highest BCUT2D eigenvalue weighted by Gasteiger charge is 2.16. The first-order valence-corrected chi connectivity index (χ1v) is 5.94. The summed E-state index contributed by atoms with van der Waals surface area (Å²) in [6.07, 6.45) is 3.85. The fourth-order valence-electron chi connectivity index (χ4n) is 1.77. The van der Waals surface area contributed by atoms with Crippen LogP contribution in [0.3, 0.4) is 0 Å². The number of hydrogen-bond acceptors (Lipinski definition) is 2. The van der Waals surface area contributed by atoms with Gasteiger partial charge in [-0.1, -0.05) is 0 Å². The van der Waals surface area contributed by atoms with Crippen molar-refractivity contribution in [3.05, 3.63) is 29.8 Å². The second-order valence-electron chi connectivity index (χ2n) is 4.21. The molecule has 0 radical (unpaired) electrons. The van der Waals surface area contributed by atoms with Crippen molar-refractivity contribution in [1.82, 2.24) is 5.32 Å².